The smallest absolute Gasteiger partial charge is 0.212 e. The van der Waals surface area contributed by atoms with Crippen molar-refractivity contribution < 1.29 is 9.47 Å². The number of benzene rings is 3. The lowest BCUT2D eigenvalue weighted by Gasteiger charge is -2.12. The van der Waals surface area contributed by atoms with Crippen molar-refractivity contribution in [1.82, 2.24) is 14.9 Å². The Hall–Kier alpha value is -2.42. The third kappa shape index (κ3) is 6.66. The number of ether oxygens (including phenoxy) is 2. The second kappa shape index (κ2) is 12.2. The van der Waals surface area contributed by atoms with E-state index in [2.05, 4.69) is 15.3 Å². The molecule has 6 nitrogen and oxygen atoms in total. The van der Waals surface area contributed by atoms with Crippen LogP contribution < -0.4 is 9.47 Å². The topological polar surface area (TPSA) is 61.5 Å². The van der Waals surface area contributed by atoms with Crippen molar-refractivity contribution in [1.29, 1.82) is 0 Å². The third-order valence-corrected chi connectivity index (χ3v) is 7.19. The molecule has 0 atom stereocenters. The molecule has 3 aromatic carbocycles. The number of halogens is 4. The molecular formula is C25H20Cl4N4O2S. The van der Waals surface area contributed by atoms with Crippen LogP contribution in [0.2, 0.25) is 20.1 Å². The third-order valence-electron chi connectivity index (χ3n) is 5.05. The summed E-state index contributed by atoms with van der Waals surface area (Å²) in [6.45, 7) is 2.11. The van der Waals surface area contributed by atoms with Crippen LogP contribution in [0, 0.1) is 6.92 Å². The van der Waals surface area contributed by atoms with Crippen LogP contribution in [-0.4, -0.2) is 28.2 Å². The van der Waals surface area contributed by atoms with Gasteiger partial charge in [0.05, 0.1) is 13.3 Å². The maximum absolute atomic E-state index is 6.29. The highest BCUT2D eigenvalue weighted by Crippen LogP contribution is 2.31. The minimum Gasteiger partial charge on any atom is -0.493 e. The Morgan fingerprint density at radius 2 is 1.58 bits per heavy atom. The van der Waals surface area contributed by atoms with Crippen molar-refractivity contribution in [3.05, 3.63) is 97.2 Å². The molecule has 0 bridgehead atoms. The minimum atomic E-state index is 0.276. The summed E-state index contributed by atoms with van der Waals surface area (Å²) in [4.78, 5) is 0. The second-order valence-electron chi connectivity index (χ2n) is 7.55. The molecule has 0 saturated carbocycles. The van der Waals surface area contributed by atoms with Gasteiger partial charge in [0.2, 0.25) is 5.16 Å². The van der Waals surface area contributed by atoms with Gasteiger partial charge in [-0.15, -0.1) is 10.2 Å². The average Bonchev–Trinajstić information content (AvgIpc) is 3.21. The molecule has 186 valence electrons. The molecule has 0 amide bonds. The summed E-state index contributed by atoms with van der Waals surface area (Å²) >= 11 is 26.0. The van der Waals surface area contributed by atoms with Gasteiger partial charge in [-0.3, -0.25) is 0 Å². The van der Waals surface area contributed by atoms with Crippen molar-refractivity contribution in [2.45, 2.75) is 24.4 Å². The normalized spacial score (nSPS) is 11.3. The fourth-order valence-corrected chi connectivity index (χ4v) is 5.10. The summed E-state index contributed by atoms with van der Waals surface area (Å²) in [5.41, 5.74) is 2.58. The molecule has 0 aliphatic heterocycles. The highest BCUT2D eigenvalue weighted by molar-refractivity contribution is 7.98. The van der Waals surface area contributed by atoms with Crippen LogP contribution in [0.15, 0.2) is 64.9 Å². The van der Waals surface area contributed by atoms with E-state index in [0.717, 1.165) is 16.7 Å². The van der Waals surface area contributed by atoms with Gasteiger partial charge in [0.25, 0.3) is 0 Å². The van der Waals surface area contributed by atoms with E-state index in [1.165, 1.54) is 11.8 Å². The zero-order valence-electron chi connectivity index (χ0n) is 19.2. The summed E-state index contributed by atoms with van der Waals surface area (Å²) in [7, 11) is 1.58. The first-order valence-corrected chi connectivity index (χ1v) is 13.1. The number of hydrogen-bond acceptors (Lipinski definition) is 6. The van der Waals surface area contributed by atoms with Gasteiger partial charge in [-0.25, -0.2) is 0 Å². The quantitative estimate of drug-likeness (QED) is 0.148. The predicted molar refractivity (Wildman–Crippen MR) is 148 cm³/mol. The van der Waals surface area contributed by atoms with Crippen LogP contribution in [0.1, 0.15) is 22.5 Å². The molecule has 0 aliphatic rings. The van der Waals surface area contributed by atoms with Gasteiger partial charge in [0, 0.05) is 31.4 Å². The molecule has 0 unspecified atom stereocenters. The lowest BCUT2D eigenvalue weighted by atomic mass is 10.2. The number of nitrogens with zero attached hydrogens (tertiary/aromatic N) is 4. The fraction of sp³-hybridized carbons (Fsp3) is 0.160. The molecule has 36 heavy (non-hydrogen) atoms. The molecule has 0 N–H and O–H groups in total. The van der Waals surface area contributed by atoms with Gasteiger partial charge < -0.3 is 9.47 Å². The van der Waals surface area contributed by atoms with Crippen LogP contribution in [0.3, 0.4) is 0 Å². The molecular weight excluding hydrogens is 562 g/mol. The van der Waals surface area contributed by atoms with Gasteiger partial charge in [-0.1, -0.05) is 70.3 Å². The molecule has 11 heteroatoms. The first-order valence-electron chi connectivity index (χ1n) is 10.6. The standard InChI is InChI=1S/C25H20Cl4N4O2S/c1-15-31-32-25(36-14-18-5-7-20(27)11-22(18)29)33(15)30-12-16-3-8-23(24(9-16)34-2)35-13-17-4-6-19(26)10-21(17)28/h3-12H,13-14H2,1-2H3/b30-12+. The van der Waals surface area contributed by atoms with E-state index in [4.69, 9.17) is 55.9 Å². The van der Waals surface area contributed by atoms with Crippen molar-refractivity contribution in [3.8, 4) is 11.5 Å². The van der Waals surface area contributed by atoms with E-state index in [9.17, 15) is 0 Å². The van der Waals surface area contributed by atoms with Crippen LogP contribution in [0.25, 0.3) is 0 Å². The molecule has 1 heterocycles. The lowest BCUT2D eigenvalue weighted by Crippen LogP contribution is -2.00. The van der Waals surface area contributed by atoms with E-state index in [1.54, 1.807) is 36.2 Å². The molecule has 0 saturated heterocycles. The first kappa shape index (κ1) is 26.6. The zero-order chi connectivity index (χ0) is 25.7. The second-order valence-corrected chi connectivity index (χ2v) is 10.2. The minimum absolute atomic E-state index is 0.276. The molecule has 4 rings (SSSR count). The molecule has 0 fully saturated rings. The van der Waals surface area contributed by atoms with Crippen molar-refractivity contribution in [3.63, 3.8) is 0 Å². The van der Waals surface area contributed by atoms with E-state index in [0.29, 0.717) is 48.3 Å². The van der Waals surface area contributed by atoms with E-state index < -0.39 is 0 Å². The fourth-order valence-electron chi connectivity index (χ4n) is 3.14. The Labute approximate surface area is 233 Å². The number of rotatable bonds is 9. The Balaban J connectivity index is 1.46. The Bertz CT molecular complexity index is 1410. The van der Waals surface area contributed by atoms with E-state index in [1.807, 2.05) is 43.3 Å². The summed E-state index contributed by atoms with van der Waals surface area (Å²) in [5, 5.41) is 15.9. The molecule has 0 radical (unpaired) electrons. The van der Waals surface area contributed by atoms with Crippen LogP contribution >= 0.6 is 58.2 Å². The monoisotopic (exact) mass is 580 g/mol. The van der Waals surface area contributed by atoms with Crippen LogP contribution in [-0.2, 0) is 12.4 Å². The SMILES string of the molecule is COc1cc(/C=N/n2c(C)nnc2SCc2ccc(Cl)cc2Cl)ccc1OCc1ccc(Cl)cc1Cl. The summed E-state index contributed by atoms with van der Waals surface area (Å²) < 4.78 is 13.1. The van der Waals surface area contributed by atoms with Gasteiger partial charge in [-0.2, -0.15) is 9.78 Å². The summed E-state index contributed by atoms with van der Waals surface area (Å²) in [6, 6.07) is 16.2. The number of aryl methyl sites for hydroxylation is 1. The number of thioether (sulfide) groups is 1. The van der Waals surface area contributed by atoms with E-state index >= 15 is 0 Å². The maximum Gasteiger partial charge on any atom is 0.212 e. The van der Waals surface area contributed by atoms with Gasteiger partial charge >= 0.3 is 0 Å². The van der Waals surface area contributed by atoms with Crippen LogP contribution in [0.4, 0.5) is 0 Å². The Morgan fingerprint density at radius 3 is 2.25 bits per heavy atom. The van der Waals surface area contributed by atoms with Crippen molar-refractivity contribution in [2.75, 3.05) is 7.11 Å². The predicted octanol–water partition coefficient (Wildman–Crippen LogP) is 7.96. The van der Waals surface area contributed by atoms with Gasteiger partial charge in [-0.05, 0) is 60.5 Å². The summed E-state index contributed by atoms with van der Waals surface area (Å²) in [5.74, 6) is 2.40. The maximum atomic E-state index is 6.29. The Kier molecular flexibility index (Phi) is 9.04. The lowest BCUT2D eigenvalue weighted by molar-refractivity contribution is 0.284. The summed E-state index contributed by atoms with van der Waals surface area (Å²) in [6.07, 6.45) is 1.71. The molecule has 4 aromatic rings. The highest BCUT2D eigenvalue weighted by atomic mass is 35.5. The van der Waals surface area contributed by atoms with E-state index in [-0.39, 0.29) is 6.61 Å². The molecule has 0 aliphatic carbocycles. The number of aromatic nitrogens is 3. The largest absolute Gasteiger partial charge is 0.493 e. The first-order chi connectivity index (χ1) is 17.3. The van der Waals surface area contributed by atoms with Crippen molar-refractivity contribution >= 4 is 64.4 Å². The number of hydrogen-bond donors (Lipinski definition) is 0. The molecule has 1 aromatic heterocycles. The van der Waals surface area contributed by atoms with Crippen LogP contribution in [0.5, 0.6) is 11.5 Å². The average molecular weight is 582 g/mol. The highest BCUT2D eigenvalue weighted by Gasteiger charge is 2.12. The zero-order valence-corrected chi connectivity index (χ0v) is 23.1. The van der Waals surface area contributed by atoms with Crippen molar-refractivity contribution in [2.24, 2.45) is 5.10 Å². The Morgan fingerprint density at radius 1 is 0.889 bits per heavy atom. The number of methoxy groups -OCH3 is 1. The van der Waals surface area contributed by atoms with Gasteiger partial charge in [0.1, 0.15) is 6.61 Å². The molecule has 0 spiro atoms. The van der Waals surface area contributed by atoms with Gasteiger partial charge in [0.15, 0.2) is 17.3 Å².